The second-order valence-electron chi connectivity index (χ2n) is 9.34. The van der Waals surface area contributed by atoms with Crippen LogP contribution in [-0.4, -0.2) is 15.5 Å². The number of carbonyl (C=O) groups is 1. The molecule has 1 N–H and O–H groups in total. The van der Waals surface area contributed by atoms with Gasteiger partial charge in [0, 0.05) is 28.2 Å². The topological polar surface area (TPSA) is 42.2 Å². The molecule has 0 spiro atoms. The van der Waals surface area contributed by atoms with E-state index in [0.717, 1.165) is 33.3 Å². The molecule has 0 fully saturated rings. The molecule has 0 radical (unpaired) electrons. The zero-order valence-corrected chi connectivity index (χ0v) is 19.7. The Morgan fingerprint density at radius 1 is 0.941 bits per heavy atom. The molecule has 0 aliphatic heterocycles. The fourth-order valence-corrected chi connectivity index (χ4v) is 4.79. The SMILES string of the molecule is C=C(/C=C1/C(=O)C(c2cn(-c3ccccc3)c3ccccc23)=C1O)C(C)(C)c1ccccc1C. The van der Waals surface area contributed by atoms with E-state index in [9.17, 15) is 9.90 Å². The molecule has 1 heterocycles. The number of aryl methyl sites for hydroxylation is 1. The Balaban J connectivity index is 1.57. The monoisotopic (exact) mass is 445 g/mol. The molecule has 3 heteroatoms. The highest BCUT2D eigenvalue weighted by molar-refractivity contribution is 6.40. The Kier molecular flexibility index (Phi) is 5.13. The number of Topliss-reactive ketones (excluding diaryl/α,β-unsaturated/α-hetero) is 1. The third-order valence-corrected chi connectivity index (χ3v) is 6.92. The van der Waals surface area contributed by atoms with Gasteiger partial charge in [-0.15, -0.1) is 0 Å². The second-order valence-corrected chi connectivity index (χ2v) is 9.34. The number of ketones is 1. The lowest BCUT2D eigenvalue weighted by atomic mass is 9.74. The van der Waals surface area contributed by atoms with Crippen molar-refractivity contribution in [3.05, 3.63) is 131 Å². The van der Waals surface area contributed by atoms with Crippen LogP contribution in [-0.2, 0) is 10.2 Å². The van der Waals surface area contributed by atoms with Gasteiger partial charge in [-0.25, -0.2) is 0 Å². The van der Waals surface area contributed by atoms with Crippen molar-refractivity contribution in [3.8, 4) is 5.69 Å². The molecule has 1 aliphatic carbocycles. The molecule has 0 atom stereocenters. The van der Waals surface area contributed by atoms with Crippen molar-refractivity contribution in [2.45, 2.75) is 26.2 Å². The first-order valence-electron chi connectivity index (χ1n) is 11.4. The summed E-state index contributed by atoms with van der Waals surface area (Å²) in [6.07, 6.45) is 3.68. The van der Waals surface area contributed by atoms with Crippen LogP contribution in [0.1, 0.15) is 30.5 Å². The molecule has 3 aromatic carbocycles. The largest absolute Gasteiger partial charge is 0.506 e. The number of rotatable bonds is 5. The van der Waals surface area contributed by atoms with Crippen LogP contribution in [0, 0.1) is 6.92 Å². The normalized spacial score (nSPS) is 15.1. The quantitative estimate of drug-likeness (QED) is 0.329. The zero-order chi connectivity index (χ0) is 24.0. The Bertz CT molecular complexity index is 1510. The van der Waals surface area contributed by atoms with Gasteiger partial charge in [-0.1, -0.05) is 81.1 Å². The van der Waals surface area contributed by atoms with E-state index in [4.69, 9.17) is 0 Å². The molecule has 1 aromatic heterocycles. The number of aliphatic hydroxyl groups excluding tert-OH is 1. The van der Waals surface area contributed by atoms with Crippen molar-refractivity contribution in [2.75, 3.05) is 0 Å². The van der Waals surface area contributed by atoms with Crippen molar-refractivity contribution in [1.29, 1.82) is 0 Å². The molecule has 34 heavy (non-hydrogen) atoms. The van der Waals surface area contributed by atoms with Crippen LogP contribution in [0.2, 0.25) is 0 Å². The smallest absolute Gasteiger partial charge is 0.201 e. The number of hydrogen-bond acceptors (Lipinski definition) is 2. The van der Waals surface area contributed by atoms with Gasteiger partial charge < -0.3 is 9.67 Å². The summed E-state index contributed by atoms with van der Waals surface area (Å²) in [7, 11) is 0. The van der Waals surface area contributed by atoms with E-state index in [1.807, 2.05) is 72.9 Å². The molecule has 0 bridgehead atoms. The summed E-state index contributed by atoms with van der Waals surface area (Å²) >= 11 is 0. The van der Waals surface area contributed by atoms with Gasteiger partial charge in [0.15, 0.2) is 0 Å². The van der Waals surface area contributed by atoms with E-state index in [0.29, 0.717) is 11.1 Å². The van der Waals surface area contributed by atoms with Gasteiger partial charge in [0.05, 0.1) is 16.7 Å². The third-order valence-electron chi connectivity index (χ3n) is 6.92. The molecule has 0 amide bonds. The van der Waals surface area contributed by atoms with Crippen molar-refractivity contribution in [2.24, 2.45) is 0 Å². The van der Waals surface area contributed by atoms with Crippen LogP contribution in [0.5, 0.6) is 0 Å². The van der Waals surface area contributed by atoms with E-state index < -0.39 is 0 Å². The summed E-state index contributed by atoms with van der Waals surface area (Å²) < 4.78 is 2.06. The predicted molar refractivity (Wildman–Crippen MR) is 139 cm³/mol. The van der Waals surface area contributed by atoms with Crippen LogP contribution >= 0.6 is 0 Å². The van der Waals surface area contributed by atoms with E-state index in [1.165, 1.54) is 5.56 Å². The molecule has 168 valence electrons. The summed E-state index contributed by atoms with van der Waals surface area (Å²) in [5.41, 5.74) is 6.12. The maximum atomic E-state index is 13.3. The molecule has 0 saturated heterocycles. The van der Waals surface area contributed by atoms with Crippen molar-refractivity contribution in [1.82, 2.24) is 4.57 Å². The van der Waals surface area contributed by atoms with E-state index in [2.05, 4.69) is 44.0 Å². The van der Waals surface area contributed by atoms with Crippen LogP contribution in [0.15, 0.2) is 115 Å². The second kappa shape index (κ2) is 8.03. The maximum absolute atomic E-state index is 13.3. The minimum Gasteiger partial charge on any atom is -0.506 e. The van der Waals surface area contributed by atoms with Gasteiger partial charge in [-0.05, 0) is 47.9 Å². The van der Waals surface area contributed by atoms with Crippen LogP contribution in [0.4, 0.5) is 0 Å². The van der Waals surface area contributed by atoms with Gasteiger partial charge in [-0.3, -0.25) is 4.79 Å². The Morgan fingerprint density at radius 2 is 1.59 bits per heavy atom. The molecule has 5 rings (SSSR count). The first-order chi connectivity index (χ1) is 16.3. The van der Waals surface area contributed by atoms with E-state index in [1.54, 1.807) is 6.08 Å². The first-order valence-corrected chi connectivity index (χ1v) is 11.4. The number of aliphatic hydroxyl groups is 1. The summed E-state index contributed by atoms with van der Waals surface area (Å²) in [4.78, 5) is 13.3. The highest BCUT2D eigenvalue weighted by Gasteiger charge is 2.37. The first kappa shape index (κ1) is 21.7. The van der Waals surface area contributed by atoms with Gasteiger partial charge >= 0.3 is 0 Å². The lowest BCUT2D eigenvalue weighted by Crippen LogP contribution is -2.24. The molecular formula is C31H27NO2. The van der Waals surface area contributed by atoms with E-state index >= 15 is 0 Å². The Hall–Kier alpha value is -4.11. The number of allylic oxidation sites excluding steroid dienone is 4. The number of fused-ring (bicyclic) bond motifs is 1. The van der Waals surface area contributed by atoms with Gasteiger partial charge in [-0.2, -0.15) is 0 Å². The van der Waals surface area contributed by atoms with Crippen LogP contribution in [0.25, 0.3) is 22.2 Å². The fraction of sp³-hybridized carbons (Fsp3) is 0.129. The predicted octanol–water partition coefficient (Wildman–Crippen LogP) is 7.25. The van der Waals surface area contributed by atoms with Gasteiger partial charge in [0.25, 0.3) is 0 Å². The molecule has 1 aliphatic rings. The minimum atomic E-state index is -0.377. The molecule has 0 saturated carbocycles. The molecule has 3 nitrogen and oxygen atoms in total. The highest BCUT2D eigenvalue weighted by Crippen LogP contribution is 2.42. The maximum Gasteiger partial charge on any atom is 0.201 e. The van der Waals surface area contributed by atoms with Gasteiger partial charge in [0.1, 0.15) is 5.76 Å². The van der Waals surface area contributed by atoms with Crippen LogP contribution < -0.4 is 0 Å². The Morgan fingerprint density at radius 3 is 2.29 bits per heavy atom. The Labute approximate surface area is 200 Å². The average Bonchev–Trinajstić information content (AvgIpc) is 3.22. The number of aromatic nitrogens is 1. The summed E-state index contributed by atoms with van der Waals surface area (Å²) in [6, 6.07) is 26.1. The summed E-state index contributed by atoms with van der Waals surface area (Å²) in [5, 5.41) is 11.9. The minimum absolute atomic E-state index is 0.0303. The zero-order valence-electron chi connectivity index (χ0n) is 19.7. The lowest BCUT2D eigenvalue weighted by molar-refractivity contribution is -0.111. The number of para-hydroxylation sites is 2. The van der Waals surface area contributed by atoms with Crippen molar-refractivity contribution >= 4 is 22.3 Å². The molecule has 0 unspecified atom stereocenters. The van der Waals surface area contributed by atoms with Crippen molar-refractivity contribution < 1.29 is 9.90 Å². The standard InChI is InChI=1S/C31H27NO2/c1-20-12-8-10-16-26(20)31(3,4)21(2)18-24-29(33)28(30(24)34)25-19-32(22-13-6-5-7-14-22)27-17-11-9-15-23(25)27/h5-19,33H,2H2,1,3-4H3/b24-18+. The highest BCUT2D eigenvalue weighted by atomic mass is 16.3. The summed E-state index contributed by atoms with van der Waals surface area (Å²) in [6.45, 7) is 10.5. The number of benzene rings is 3. The number of carbonyl (C=O) groups excluding carboxylic acids is 1. The number of nitrogens with zero attached hydrogens (tertiary/aromatic N) is 1. The third kappa shape index (κ3) is 3.32. The van der Waals surface area contributed by atoms with Crippen molar-refractivity contribution in [3.63, 3.8) is 0 Å². The van der Waals surface area contributed by atoms with E-state index in [-0.39, 0.29) is 17.0 Å². The fourth-order valence-electron chi connectivity index (χ4n) is 4.79. The summed E-state index contributed by atoms with van der Waals surface area (Å²) in [5.74, 6) is -0.127. The average molecular weight is 446 g/mol. The lowest BCUT2D eigenvalue weighted by Gasteiger charge is -2.30. The molecular weight excluding hydrogens is 418 g/mol. The van der Waals surface area contributed by atoms with Crippen LogP contribution in [0.3, 0.4) is 0 Å². The molecule has 4 aromatic rings. The number of hydrogen-bond donors (Lipinski definition) is 1. The van der Waals surface area contributed by atoms with Gasteiger partial charge in [0.2, 0.25) is 5.78 Å².